The van der Waals surface area contributed by atoms with Crippen molar-refractivity contribution in [2.24, 2.45) is 0 Å². The summed E-state index contributed by atoms with van der Waals surface area (Å²) >= 11 is 5.77. The Labute approximate surface area is 90.5 Å². The van der Waals surface area contributed by atoms with Crippen molar-refractivity contribution in [3.05, 3.63) is 28.6 Å². The summed E-state index contributed by atoms with van der Waals surface area (Å²) in [5, 5.41) is 9.28. The van der Waals surface area contributed by atoms with E-state index in [9.17, 15) is 4.79 Å². The lowest BCUT2D eigenvalue weighted by Crippen LogP contribution is -1.97. The monoisotopic (exact) mass is 225 g/mol. The predicted molar refractivity (Wildman–Crippen MR) is 55.4 cm³/mol. The Morgan fingerprint density at radius 3 is 2.93 bits per heavy atom. The van der Waals surface area contributed by atoms with Gasteiger partial charge in [-0.3, -0.25) is 0 Å². The van der Waals surface area contributed by atoms with Crippen LogP contribution in [-0.2, 0) is 6.42 Å². The Bertz CT molecular complexity index is 533. The van der Waals surface area contributed by atoms with Crippen LogP contribution in [0.5, 0.6) is 0 Å². The number of hydrogen-bond donors (Lipinski definition) is 1. The van der Waals surface area contributed by atoms with E-state index in [-0.39, 0.29) is 5.56 Å². The zero-order valence-corrected chi connectivity index (χ0v) is 8.71. The molecule has 15 heavy (non-hydrogen) atoms. The van der Waals surface area contributed by atoms with Gasteiger partial charge < -0.3 is 9.52 Å². The fourth-order valence-electron chi connectivity index (χ4n) is 1.36. The summed E-state index contributed by atoms with van der Waals surface area (Å²) in [5.74, 6) is -0.548. The second-order valence-electron chi connectivity index (χ2n) is 3.07. The smallest absolute Gasteiger partial charge is 0.338 e. The molecule has 5 heteroatoms. The van der Waals surface area contributed by atoms with Crippen molar-refractivity contribution in [2.75, 3.05) is 0 Å². The SMILES string of the molecule is CCc1nc2c(C(=O)O)cc(Cl)cc2o1. The molecule has 0 aliphatic rings. The van der Waals surface area contributed by atoms with Gasteiger partial charge in [0, 0.05) is 17.5 Å². The maximum Gasteiger partial charge on any atom is 0.338 e. The van der Waals surface area contributed by atoms with Crippen molar-refractivity contribution in [1.29, 1.82) is 0 Å². The lowest BCUT2D eigenvalue weighted by molar-refractivity contribution is 0.0699. The number of aromatic nitrogens is 1. The lowest BCUT2D eigenvalue weighted by Gasteiger charge is -1.95. The molecule has 1 heterocycles. The molecule has 1 N–H and O–H groups in total. The maximum absolute atomic E-state index is 10.9. The number of carboxylic acid groups (broad SMARTS) is 1. The zero-order chi connectivity index (χ0) is 11.0. The van der Waals surface area contributed by atoms with Crippen LogP contribution in [0.15, 0.2) is 16.5 Å². The molecule has 0 saturated carbocycles. The molecule has 0 saturated heterocycles. The molecule has 0 amide bonds. The summed E-state index contributed by atoms with van der Waals surface area (Å²) in [6.45, 7) is 1.88. The summed E-state index contributed by atoms with van der Waals surface area (Å²) in [7, 11) is 0. The van der Waals surface area contributed by atoms with Crippen molar-refractivity contribution in [3.63, 3.8) is 0 Å². The first kappa shape index (κ1) is 9.98. The van der Waals surface area contributed by atoms with Crippen molar-refractivity contribution in [1.82, 2.24) is 4.98 Å². The summed E-state index contributed by atoms with van der Waals surface area (Å²) in [6, 6.07) is 2.93. The average molecular weight is 226 g/mol. The van der Waals surface area contributed by atoms with Gasteiger partial charge >= 0.3 is 5.97 Å². The fourth-order valence-corrected chi connectivity index (χ4v) is 1.56. The van der Waals surface area contributed by atoms with Crippen LogP contribution in [0.25, 0.3) is 11.1 Å². The molecule has 0 radical (unpaired) electrons. The van der Waals surface area contributed by atoms with Gasteiger partial charge in [0.2, 0.25) is 0 Å². The van der Waals surface area contributed by atoms with E-state index in [2.05, 4.69) is 4.98 Å². The van der Waals surface area contributed by atoms with Crippen LogP contribution in [-0.4, -0.2) is 16.1 Å². The van der Waals surface area contributed by atoms with Crippen molar-refractivity contribution in [3.8, 4) is 0 Å². The molecule has 1 aromatic heterocycles. The van der Waals surface area contributed by atoms with Crippen LogP contribution >= 0.6 is 11.6 Å². The number of benzene rings is 1. The number of carbonyl (C=O) groups is 1. The van der Waals surface area contributed by atoms with E-state index in [1.54, 1.807) is 6.07 Å². The summed E-state index contributed by atoms with van der Waals surface area (Å²) in [5.41, 5.74) is 0.835. The minimum absolute atomic E-state index is 0.0703. The number of aromatic carboxylic acids is 1. The number of rotatable bonds is 2. The van der Waals surface area contributed by atoms with Gasteiger partial charge in [0.1, 0.15) is 5.52 Å². The standard InChI is InChI=1S/C10H8ClNO3/c1-2-8-12-9-6(10(13)14)3-5(11)4-7(9)15-8/h3-4H,2H2,1H3,(H,13,14). The highest BCUT2D eigenvalue weighted by atomic mass is 35.5. The molecule has 0 unspecified atom stereocenters. The molecule has 2 rings (SSSR count). The van der Waals surface area contributed by atoms with E-state index in [1.165, 1.54) is 6.07 Å². The van der Waals surface area contributed by atoms with Crippen LogP contribution < -0.4 is 0 Å². The van der Waals surface area contributed by atoms with E-state index >= 15 is 0 Å². The van der Waals surface area contributed by atoms with Crippen molar-refractivity contribution in [2.45, 2.75) is 13.3 Å². The summed E-state index contributed by atoms with van der Waals surface area (Å²) < 4.78 is 5.33. The molecule has 0 spiro atoms. The highest BCUT2D eigenvalue weighted by molar-refractivity contribution is 6.31. The third kappa shape index (κ3) is 1.68. The summed E-state index contributed by atoms with van der Waals surface area (Å²) in [4.78, 5) is 15.0. The second kappa shape index (κ2) is 3.55. The molecule has 78 valence electrons. The van der Waals surface area contributed by atoms with Gasteiger partial charge in [-0.2, -0.15) is 0 Å². The van der Waals surface area contributed by atoms with Gasteiger partial charge in [0.05, 0.1) is 5.56 Å². The van der Waals surface area contributed by atoms with Crippen molar-refractivity contribution >= 4 is 28.7 Å². The zero-order valence-electron chi connectivity index (χ0n) is 7.95. The predicted octanol–water partition coefficient (Wildman–Crippen LogP) is 2.74. The number of fused-ring (bicyclic) bond motifs is 1. The third-order valence-electron chi connectivity index (χ3n) is 2.04. The number of halogens is 1. The van der Waals surface area contributed by atoms with E-state index in [0.717, 1.165) is 0 Å². The highest BCUT2D eigenvalue weighted by Crippen LogP contribution is 2.24. The Morgan fingerprint density at radius 2 is 2.33 bits per heavy atom. The van der Waals surface area contributed by atoms with E-state index in [1.807, 2.05) is 6.92 Å². The third-order valence-corrected chi connectivity index (χ3v) is 2.26. The van der Waals surface area contributed by atoms with Gasteiger partial charge in [-0.05, 0) is 6.07 Å². The molecule has 0 fully saturated rings. The van der Waals surface area contributed by atoms with Gasteiger partial charge in [-0.1, -0.05) is 18.5 Å². The highest BCUT2D eigenvalue weighted by Gasteiger charge is 2.15. The summed E-state index contributed by atoms with van der Waals surface area (Å²) in [6.07, 6.45) is 0.616. The number of oxazole rings is 1. The molecule has 0 atom stereocenters. The molecular formula is C10H8ClNO3. The molecule has 0 aliphatic heterocycles. The van der Waals surface area contributed by atoms with Crippen LogP contribution in [0.4, 0.5) is 0 Å². The van der Waals surface area contributed by atoms with Gasteiger partial charge in [-0.15, -0.1) is 0 Å². The van der Waals surface area contributed by atoms with Crippen LogP contribution in [0.2, 0.25) is 5.02 Å². The Morgan fingerprint density at radius 1 is 1.60 bits per heavy atom. The van der Waals surface area contributed by atoms with E-state index < -0.39 is 5.97 Å². The first-order valence-corrected chi connectivity index (χ1v) is 4.82. The Kier molecular flexibility index (Phi) is 2.36. The Balaban J connectivity index is 2.77. The average Bonchev–Trinajstić information content (AvgIpc) is 2.58. The van der Waals surface area contributed by atoms with Crippen LogP contribution in [0.3, 0.4) is 0 Å². The van der Waals surface area contributed by atoms with Gasteiger partial charge in [0.15, 0.2) is 11.5 Å². The van der Waals surface area contributed by atoms with Crippen molar-refractivity contribution < 1.29 is 14.3 Å². The van der Waals surface area contributed by atoms with Crippen LogP contribution in [0.1, 0.15) is 23.2 Å². The topological polar surface area (TPSA) is 63.3 Å². The first-order chi connectivity index (χ1) is 7.11. The Hall–Kier alpha value is -1.55. The van der Waals surface area contributed by atoms with E-state index in [4.69, 9.17) is 21.1 Å². The maximum atomic E-state index is 10.9. The molecular weight excluding hydrogens is 218 g/mol. The largest absolute Gasteiger partial charge is 0.478 e. The van der Waals surface area contributed by atoms with Gasteiger partial charge in [0.25, 0.3) is 0 Å². The van der Waals surface area contributed by atoms with Crippen LogP contribution in [0, 0.1) is 0 Å². The normalized spacial score (nSPS) is 10.8. The number of nitrogens with zero attached hydrogens (tertiary/aromatic N) is 1. The molecule has 2 aromatic rings. The number of hydrogen-bond acceptors (Lipinski definition) is 3. The molecule has 1 aromatic carbocycles. The minimum Gasteiger partial charge on any atom is -0.478 e. The lowest BCUT2D eigenvalue weighted by atomic mass is 10.2. The fraction of sp³-hybridized carbons (Fsp3) is 0.200. The molecule has 4 nitrogen and oxygen atoms in total. The molecule has 0 bridgehead atoms. The number of aryl methyl sites for hydroxylation is 1. The minimum atomic E-state index is -1.06. The second-order valence-corrected chi connectivity index (χ2v) is 3.50. The van der Waals surface area contributed by atoms with E-state index in [0.29, 0.717) is 28.4 Å². The van der Waals surface area contributed by atoms with Gasteiger partial charge in [-0.25, -0.2) is 9.78 Å². The number of carboxylic acids is 1. The quantitative estimate of drug-likeness (QED) is 0.854. The first-order valence-electron chi connectivity index (χ1n) is 4.44. The molecule has 0 aliphatic carbocycles.